The van der Waals surface area contributed by atoms with Crippen molar-refractivity contribution in [3.8, 4) is 0 Å². The highest BCUT2D eigenvalue weighted by Gasteiger charge is 2.29. The van der Waals surface area contributed by atoms with Gasteiger partial charge in [0.1, 0.15) is 0 Å². The fourth-order valence-electron chi connectivity index (χ4n) is 2.77. The number of carbonyl (C=O) groups is 2. The number of nitrogens with zero attached hydrogens (tertiary/aromatic N) is 2. The van der Waals surface area contributed by atoms with Crippen molar-refractivity contribution < 1.29 is 9.59 Å². The Morgan fingerprint density at radius 1 is 1.40 bits per heavy atom. The van der Waals surface area contributed by atoms with E-state index in [-0.39, 0.29) is 55.1 Å². The monoisotopic (exact) mass is 410 g/mol. The molecule has 2 atom stereocenters. The Bertz CT molecular complexity index is 595. The number of likely N-dealkylation sites (N-methyl/N-ethyl adjacent to an activating group) is 1. The zero-order valence-corrected chi connectivity index (χ0v) is 17.5. The molecule has 2 rings (SSSR count). The van der Waals surface area contributed by atoms with Crippen LogP contribution in [0.25, 0.3) is 0 Å². The highest BCUT2D eigenvalue weighted by atomic mass is 35.5. The topological polar surface area (TPSA) is 88.3 Å². The van der Waals surface area contributed by atoms with Crippen LogP contribution < -0.4 is 11.1 Å². The van der Waals surface area contributed by atoms with Gasteiger partial charge >= 0.3 is 0 Å². The number of nitrogens with two attached hydrogens (primary N) is 1. The van der Waals surface area contributed by atoms with Gasteiger partial charge in [-0.1, -0.05) is 13.8 Å². The maximum absolute atomic E-state index is 12.4. The first-order valence-electron chi connectivity index (χ1n) is 8.06. The molecule has 0 radical (unpaired) electrons. The number of fused-ring (bicyclic) bond motifs is 1. The first-order valence-corrected chi connectivity index (χ1v) is 8.88. The van der Waals surface area contributed by atoms with E-state index in [1.54, 1.807) is 23.3 Å². The summed E-state index contributed by atoms with van der Waals surface area (Å²) in [4.78, 5) is 31.8. The summed E-state index contributed by atoms with van der Waals surface area (Å²) in [5.41, 5.74) is 6.91. The van der Waals surface area contributed by atoms with E-state index in [0.717, 1.165) is 30.0 Å². The molecule has 0 saturated carbocycles. The Balaban J connectivity index is 0.00000288. The van der Waals surface area contributed by atoms with Crippen LogP contribution in [0.5, 0.6) is 0 Å². The number of carbonyl (C=O) groups excluding carboxylic acids is 2. The van der Waals surface area contributed by atoms with Crippen molar-refractivity contribution >= 4 is 48.0 Å². The van der Waals surface area contributed by atoms with Gasteiger partial charge in [-0.15, -0.1) is 36.2 Å². The SMILES string of the molecule is Cc1nc2c(s1)C(N(C)C(=O)CNC(=O)[C@@H](N)C(C)C)CCC2.Cl.Cl. The number of aromatic nitrogens is 1. The largest absolute Gasteiger partial charge is 0.346 e. The second kappa shape index (κ2) is 10.3. The Morgan fingerprint density at radius 2 is 2.04 bits per heavy atom. The third-order valence-electron chi connectivity index (χ3n) is 4.32. The lowest BCUT2D eigenvalue weighted by molar-refractivity contribution is -0.134. The molecule has 1 aliphatic carbocycles. The smallest absolute Gasteiger partial charge is 0.242 e. The van der Waals surface area contributed by atoms with Crippen molar-refractivity contribution in [2.45, 2.75) is 52.1 Å². The van der Waals surface area contributed by atoms with Gasteiger partial charge in [0.05, 0.1) is 34.2 Å². The molecule has 2 amide bonds. The second-order valence-corrected chi connectivity index (χ2v) is 7.68. The van der Waals surface area contributed by atoms with Crippen molar-refractivity contribution in [3.63, 3.8) is 0 Å². The number of aryl methyl sites for hydroxylation is 2. The summed E-state index contributed by atoms with van der Waals surface area (Å²) >= 11 is 1.66. The lowest BCUT2D eigenvalue weighted by Gasteiger charge is -2.31. The van der Waals surface area contributed by atoms with E-state index in [2.05, 4.69) is 10.3 Å². The van der Waals surface area contributed by atoms with Gasteiger partial charge in [0, 0.05) is 7.05 Å². The molecular weight excluding hydrogens is 383 g/mol. The van der Waals surface area contributed by atoms with Crippen molar-refractivity contribution in [3.05, 3.63) is 15.6 Å². The fourth-order valence-corrected chi connectivity index (χ4v) is 3.92. The lowest BCUT2D eigenvalue weighted by Crippen LogP contribution is -2.47. The summed E-state index contributed by atoms with van der Waals surface area (Å²) in [6.45, 7) is 5.75. The van der Waals surface area contributed by atoms with Gasteiger partial charge in [0.2, 0.25) is 11.8 Å². The molecule has 0 saturated heterocycles. The quantitative estimate of drug-likeness (QED) is 0.778. The average molecular weight is 411 g/mol. The van der Waals surface area contributed by atoms with Crippen molar-refractivity contribution in [1.29, 1.82) is 0 Å². The number of halogens is 2. The molecule has 0 fully saturated rings. The Labute approximate surface area is 165 Å². The second-order valence-electron chi connectivity index (χ2n) is 6.44. The van der Waals surface area contributed by atoms with Crippen molar-refractivity contribution in [2.24, 2.45) is 11.7 Å². The maximum atomic E-state index is 12.4. The highest BCUT2D eigenvalue weighted by molar-refractivity contribution is 7.11. The summed E-state index contributed by atoms with van der Waals surface area (Å²) in [6.07, 6.45) is 2.96. The Kier molecular flexibility index (Phi) is 9.94. The molecule has 0 spiro atoms. The third-order valence-corrected chi connectivity index (χ3v) is 5.44. The summed E-state index contributed by atoms with van der Waals surface area (Å²) < 4.78 is 0. The number of amides is 2. The van der Waals surface area contributed by atoms with E-state index in [1.165, 1.54) is 4.88 Å². The predicted octanol–water partition coefficient (Wildman–Crippen LogP) is 2.23. The van der Waals surface area contributed by atoms with Crippen LogP contribution in [0.2, 0.25) is 0 Å². The first-order chi connectivity index (χ1) is 10.8. The van der Waals surface area contributed by atoms with Crippen LogP contribution in [-0.4, -0.2) is 41.3 Å². The molecule has 1 unspecified atom stereocenters. The van der Waals surface area contributed by atoms with E-state index in [1.807, 2.05) is 20.8 Å². The highest BCUT2D eigenvalue weighted by Crippen LogP contribution is 2.37. The van der Waals surface area contributed by atoms with E-state index in [4.69, 9.17) is 5.73 Å². The van der Waals surface area contributed by atoms with E-state index in [0.29, 0.717) is 0 Å². The van der Waals surface area contributed by atoms with Gasteiger partial charge in [-0.05, 0) is 32.1 Å². The zero-order chi connectivity index (χ0) is 17.1. The van der Waals surface area contributed by atoms with E-state index in [9.17, 15) is 9.59 Å². The standard InChI is InChI=1S/C16H26N4O2S.2ClH/c1-9(2)14(17)16(22)18-8-13(21)20(4)12-7-5-6-11-15(12)23-10(3)19-11;;/h9,12,14H,5-8,17H2,1-4H3,(H,18,22);2*1H/t12?,14-;;/m0../s1. The van der Waals surface area contributed by atoms with Crippen LogP contribution in [-0.2, 0) is 16.0 Å². The molecular formula is C16H28Cl2N4O2S. The summed E-state index contributed by atoms with van der Waals surface area (Å²) in [5.74, 6) is -0.332. The Hall–Kier alpha value is -0.890. The minimum atomic E-state index is -0.585. The van der Waals surface area contributed by atoms with Gasteiger partial charge in [0.15, 0.2) is 0 Å². The van der Waals surface area contributed by atoms with Crippen LogP contribution in [0.1, 0.15) is 48.3 Å². The number of hydrogen-bond donors (Lipinski definition) is 2. The summed E-state index contributed by atoms with van der Waals surface area (Å²) in [7, 11) is 1.80. The lowest BCUT2D eigenvalue weighted by atomic mass is 9.97. The number of hydrogen-bond acceptors (Lipinski definition) is 5. The van der Waals surface area contributed by atoms with Crippen molar-refractivity contribution in [2.75, 3.05) is 13.6 Å². The predicted molar refractivity (Wildman–Crippen MR) is 106 cm³/mol. The molecule has 0 aromatic carbocycles. The van der Waals surface area contributed by atoms with Crippen LogP contribution in [0.15, 0.2) is 0 Å². The van der Waals surface area contributed by atoms with E-state index < -0.39 is 6.04 Å². The van der Waals surface area contributed by atoms with Gasteiger partial charge in [0.25, 0.3) is 0 Å². The first kappa shape index (κ1) is 24.1. The molecule has 3 N–H and O–H groups in total. The Morgan fingerprint density at radius 3 is 2.64 bits per heavy atom. The number of nitrogens with one attached hydrogen (secondary N) is 1. The molecule has 1 aromatic rings. The van der Waals surface area contributed by atoms with Crippen LogP contribution in [0.4, 0.5) is 0 Å². The van der Waals surface area contributed by atoms with Gasteiger partial charge in [-0.3, -0.25) is 9.59 Å². The molecule has 0 aliphatic heterocycles. The van der Waals surface area contributed by atoms with Crippen LogP contribution in [0.3, 0.4) is 0 Å². The summed E-state index contributed by atoms with van der Waals surface area (Å²) in [5, 5.41) is 3.69. The van der Waals surface area contributed by atoms with Crippen LogP contribution >= 0.6 is 36.2 Å². The third kappa shape index (κ3) is 5.81. The normalized spacial score (nSPS) is 17.0. The molecule has 1 aliphatic rings. The molecule has 0 bridgehead atoms. The molecule has 1 heterocycles. The fraction of sp³-hybridized carbons (Fsp3) is 0.688. The average Bonchev–Trinajstić information content (AvgIpc) is 2.90. The molecule has 25 heavy (non-hydrogen) atoms. The minimum absolute atomic E-state index is 0. The molecule has 1 aromatic heterocycles. The van der Waals surface area contributed by atoms with Gasteiger partial charge in [-0.25, -0.2) is 4.98 Å². The zero-order valence-electron chi connectivity index (χ0n) is 15.1. The maximum Gasteiger partial charge on any atom is 0.242 e. The number of thiazole rings is 1. The van der Waals surface area contributed by atoms with Crippen molar-refractivity contribution in [1.82, 2.24) is 15.2 Å². The minimum Gasteiger partial charge on any atom is -0.346 e. The van der Waals surface area contributed by atoms with Gasteiger partial charge < -0.3 is 16.0 Å². The molecule has 9 heteroatoms. The summed E-state index contributed by atoms with van der Waals surface area (Å²) in [6, 6.07) is -0.522. The number of rotatable bonds is 5. The van der Waals surface area contributed by atoms with E-state index >= 15 is 0 Å². The molecule has 144 valence electrons. The van der Waals surface area contributed by atoms with Gasteiger partial charge in [-0.2, -0.15) is 0 Å². The van der Waals surface area contributed by atoms with Crippen LogP contribution in [0, 0.1) is 12.8 Å². The molecule has 6 nitrogen and oxygen atoms in total.